The van der Waals surface area contributed by atoms with E-state index in [4.69, 9.17) is 0 Å². The van der Waals surface area contributed by atoms with Crippen LogP contribution in [0.3, 0.4) is 0 Å². The second kappa shape index (κ2) is 3.57. The number of nitrogens with one attached hydrogen (secondary N) is 1. The number of para-hydroxylation sites is 2. The van der Waals surface area contributed by atoms with Crippen molar-refractivity contribution in [1.82, 2.24) is 4.98 Å². The van der Waals surface area contributed by atoms with Crippen LogP contribution in [0.25, 0.3) is 10.9 Å². The van der Waals surface area contributed by atoms with Gasteiger partial charge in [0.25, 0.3) is 0 Å². The summed E-state index contributed by atoms with van der Waals surface area (Å²) in [6, 6.07) is 18.9. The normalized spacial score (nSPS) is 17.2. The molecule has 18 heavy (non-hydrogen) atoms. The molecule has 2 heterocycles. The van der Waals surface area contributed by atoms with E-state index in [2.05, 4.69) is 58.5 Å². The van der Waals surface area contributed by atoms with E-state index in [-0.39, 0.29) is 5.92 Å². The predicted octanol–water partition coefficient (Wildman–Crippen LogP) is 4.02. The molecular weight excluding hydrogens is 220 g/mol. The number of H-pyrrole nitrogens is 1. The lowest BCUT2D eigenvalue weighted by Gasteiger charge is -2.06. The van der Waals surface area contributed by atoms with Crippen LogP contribution in [0.5, 0.6) is 0 Å². The van der Waals surface area contributed by atoms with Gasteiger partial charge in [-0.25, -0.2) is 0 Å². The first-order valence-corrected chi connectivity index (χ1v) is 6.12. The van der Waals surface area contributed by atoms with Crippen molar-refractivity contribution in [2.75, 3.05) is 0 Å². The summed E-state index contributed by atoms with van der Waals surface area (Å²) >= 11 is 0. The van der Waals surface area contributed by atoms with Gasteiger partial charge in [0, 0.05) is 17.4 Å². The van der Waals surface area contributed by atoms with E-state index in [9.17, 15) is 0 Å². The molecule has 1 aliphatic rings. The zero-order chi connectivity index (χ0) is 11.9. The molecule has 1 unspecified atom stereocenters. The molecule has 1 atom stereocenters. The number of rotatable bonds is 1. The monoisotopic (exact) mass is 232 g/mol. The highest BCUT2D eigenvalue weighted by molar-refractivity contribution is 5.87. The molecule has 0 bridgehead atoms. The fourth-order valence-corrected chi connectivity index (χ4v) is 2.61. The summed E-state index contributed by atoms with van der Waals surface area (Å²) in [5.41, 5.74) is 4.76. The van der Waals surface area contributed by atoms with Gasteiger partial charge in [-0.1, -0.05) is 36.4 Å². The summed E-state index contributed by atoms with van der Waals surface area (Å²) in [5.74, 6) is 0.258. The Bertz CT molecular complexity index is 719. The van der Waals surface area contributed by atoms with E-state index in [1.807, 2.05) is 12.3 Å². The minimum atomic E-state index is 0.258. The molecular formula is C16H12N2. The third-order valence-corrected chi connectivity index (χ3v) is 3.52. The highest BCUT2D eigenvalue weighted by atomic mass is 14.8. The molecule has 0 aliphatic carbocycles. The Labute approximate surface area is 105 Å². The summed E-state index contributed by atoms with van der Waals surface area (Å²) in [6.45, 7) is 0. The molecule has 1 aliphatic heterocycles. The Hall–Kier alpha value is -2.35. The van der Waals surface area contributed by atoms with Gasteiger partial charge in [0.15, 0.2) is 0 Å². The quantitative estimate of drug-likeness (QED) is 0.656. The molecule has 4 rings (SSSR count). The zero-order valence-electron chi connectivity index (χ0n) is 9.80. The van der Waals surface area contributed by atoms with Gasteiger partial charge in [0.05, 0.1) is 11.6 Å². The fraction of sp³-hybridized carbons (Fsp3) is 0.0625. The Kier molecular flexibility index (Phi) is 1.92. The van der Waals surface area contributed by atoms with E-state index >= 15 is 0 Å². The Balaban J connectivity index is 1.87. The number of aliphatic imine (C=N–C) groups is 1. The highest BCUT2D eigenvalue weighted by Gasteiger charge is 2.21. The van der Waals surface area contributed by atoms with E-state index in [1.165, 1.54) is 22.2 Å². The summed E-state index contributed by atoms with van der Waals surface area (Å²) in [4.78, 5) is 7.97. The first kappa shape index (κ1) is 9.66. The summed E-state index contributed by atoms with van der Waals surface area (Å²) < 4.78 is 0. The highest BCUT2D eigenvalue weighted by Crippen LogP contribution is 2.36. The van der Waals surface area contributed by atoms with E-state index < -0.39 is 0 Å². The van der Waals surface area contributed by atoms with Crippen molar-refractivity contribution in [3.8, 4) is 0 Å². The van der Waals surface area contributed by atoms with Crippen molar-refractivity contribution < 1.29 is 0 Å². The number of benzene rings is 2. The van der Waals surface area contributed by atoms with Crippen molar-refractivity contribution in [2.45, 2.75) is 5.92 Å². The maximum absolute atomic E-state index is 4.48. The van der Waals surface area contributed by atoms with Gasteiger partial charge in [-0.3, -0.25) is 4.99 Å². The maximum atomic E-state index is 4.48. The molecule has 2 aromatic carbocycles. The van der Waals surface area contributed by atoms with Gasteiger partial charge < -0.3 is 4.98 Å². The number of fused-ring (bicyclic) bond motifs is 2. The van der Waals surface area contributed by atoms with Crippen LogP contribution < -0.4 is 0 Å². The Morgan fingerprint density at radius 2 is 1.78 bits per heavy atom. The van der Waals surface area contributed by atoms with Gasteiger partial charge in [0.2, 0.25) is 0 Å². The lowest BCUT2D eigenvalue weighted by Crippen LogP contribution is -1.98. The van der Waals surface area contributed by atoms with Gasteiger partial charge >= 0.3 is 0 Å². The van der Waals surface area contributed by atoms with Crippen molar-refractivity contribution in [3.63, 3.8) is 0 Å². The second-order valence-corrected chi connectivity index (χ2v) is 4.63. The molecule has 0 spiro atoms. The average molecular weight is 232 g/mol. The molecule has 0 saturated carbocycles. The van der Waals surface area contributed by atoms with E-state index in [0.717, 1.165) is 5.69 Å². The van der Waals surface area contributed by atoms with Crippen LogP contribution in [0.4, 0.5) is 5.69 Å². The van der Waals surface area contributed by atoms with Crippen LogP contribution in [-0.4, -0.2) is 11.2 Å². The molecule has 0 amide bonds. The number of hydrogen-bond acceptors (Lipinski definition) is 1. The van der Waals surface area contributed by atoms with Gasteiger partial charge in [-0.15, -0.1) is 0 Å². The standard InChI is InChI=1S/C16H12N2/c1-3-7-14-11(5-1)9-16(18-14)13-10-17-15-8-4-2-6-12(13)15/h1-10,13,18H. The number of aromatic amines is 1. The third-order valence-electron chi connectivity index (χ3n) is 3.52. The Morgan fingerprint density at radius 1 is 0.944 bits per heavy atom. The minimum absolute atomic E-state index is 0.258. The summed E-state index contributed by atoms with van der Waals surface area (Å²) in [7, 11) is 0. The average Bonchev–Trinajstić information content (AvgIpc) is 3.02. The minimum Gasteiger partial charge on any atom is -0.358 e. The first-order chi connectivity index (χ1) is 8.92. The predicted molar refractivity (Wildman–Crippen MR) is 74.7 cm³/mol. The van der Waals surface area contributed by atoms with Crippen molar-refractivity contribution >= 4 is 22.8 Å². The SMILES string of the molecule is C1=Nc2ccccc2C1c1cc2ccccc2[nH]1. The Morgan fingerprint density at radius 3 is 2.72 bits per heavy atom. The van der Waals surface area contributed by atoms with Crippen LogP contribution in [-0.2, 0) is 0 Å². The van der Waals surface area contributed by atoms with Crippen LogP contribution in [0.2, 0.25) is 0 Å². The molecule has 2 nitrogen and oxygen atoms in total. The molecule has 3 aromatic rings. The molecule has 86 valence electrons. The van der Waals surface area contributed by atoms with Crippen molar-refractivity contribution in [1.29, 1.82) is 0 Å². The van der Waals surface area contributed by atoms with Gasteiger partial charge in [-0.05, 0) is 29.1 Å². The van der Waals surface area contributed by atoms with Crippen LogP contribution >= 0.6 is 0 Å². The molecule has 0 radical (unpaired) electrons. The fourth-order valence-electron chi connectivity index (χ4n) is 2.61. The maximum Gasteiger partial charge on any atom is 0.0668 e. The molecule has 1 N–H and O–H groups in total. The lowest BCUT2D eigenvalue weighted by molar-refractivity contribution is 1.07. The molecule has 0 fully saturated rings. The van der Waals surface area contributed by atoms with Crippen LogP contribution in [0.1, 0.15) is 17.2 Å². The summed E-state index contributed by atoms with van der Waals surface area (Å²) in [6.07, 6.45) is 2.02. The van der Waals surface area contributed by atoms with Gasteiger partial charge in [0.1, 0.15) is 0 Å². The number of hydrogen-bond donors (Lipinski definition) is 1. The largest absolute Gasteiger partial charge is 0.358 e. The molecule has 1 aromatic heterocycles. The van der Waals surface area contributed by atoms with Crippen LogP contribution in [0, 0.1) is 0 Å². The molecule has 0 saturated heterocycles. The zero-order valence-corrected chi connectivity index (χ0v) is 9.80. The second-order valence-electron chi connectivity index (χ2n) is 4.63. The first-order valence-electron chi connectivity index (χ1n) is 6.12. The topological polar surface area (TPSA) is 28.1 Å². The van der Waals surface area contributed by atoms with E-state index in [1.54, 1.807) is 0 Å². The third kappa shape index (κ3) is 1.32. The summed E-state index contributed by atoms with van der Waals surface area (Å²) in [5, 5.41) is 1.25. The lowest BCUT2D eigenvalue weighted by atomic mass is 9.98. The number of aromatic nitrogens is 1. The van der Waals surface area contributed by atoms with Gasteiger partial charge in [-0.2, -0.15) is 0 Å². The number of nitrogens with zero attached hydrogens (tertiary/aromatic N) is 1. The van der Waals surface area contributed by atoms with Crippen molar-refractivity contribution in [2.24, 2.45) is 4.99 Å². The smallest absolute Gasteiger partial charge is 0.0668 e. The molecule has 2 heteroatoms. The van der Waals surface area contributed by atoms with Crippen molar-refractivity contribution in [3.05, 3.63) is 65.9 Å². The van der Waals surface area contributed by atoms with E-state index in [0.29, 0.717) is 0 Å². The van der Waals surface area contributed by atoms with Crippen LogP contribution in [0.15, 0.2) is 59.6 Å².